The molecule has 6 nitrogen and oxygen atoms in total. The number of aromatic nitrogens is 2. The summed E-state index contributed by atoms with van der Waals surface area (Å²) in [4.78, 5) is 30.1. The molecular formula is C22H23F2N3O3S. The molecule has 0 saturated heterocycles. The lowest BCUT2D eigenvalue weighted by Crippen LogP contribution is -2.37. The van der Waals surface area contributed by atoms with E-state index >= 15 is 0 Å². The number of carbonyl (C=O) groups excluding carboxylic acids is 1. The van der Waals surface area contributed by atoms with E-state index in [1.54, 1.807) is 24.3 Å². The number of amides is 1. The fraction of sp³-hybridized carbons (Fsp3) is 0.318. The second kappa shape index (κ2) is 9.91. The van der Waals surface area contributed by atoms with Crippen LogP contribution in [-0.2, 0) is 4.79 Å². The van der Waals surface area contributed by atoms with Gasteiger partial charge < -0.3 is 10.1 Å². The maximum Gasteiger partial charge on any atom is 0.387 e. The average molecular weight is 448 g/mol. The third kappa shape index (κ3) is 5.61. The van der Waals surface area contributed by atoms with Gasteiger partial charge in [-0.3, -0.25) is 14.2 Å². The first-order valence-electron chi connectivity index (χ1n) is 9.75. The minimum Gasteiger partial charge on any atom is -0.435 e. The fourth-order valence-electron chi connectivity index (χ4n) is 2.81. The first-order valence-corrected chi connectivity index (χ1v) is 10.7. The standard InChI is InChI=1S/C22H23F2N3O3S/c1-13(2)14(3)25-19(28)12-31-22-26-18-7-5-4-6-17(18)20(29)27(22)15-8-10-16(11-9-15)30-21(23)24/h4-11,13-14,21H,12H2,1-3H3,(H,25,28). The Morgan fingerprint density at radius 3 is 2.45 bits per heavy atom. The van der Waals surface area contributed by atoms with Gasteiger partial charge in [-0.1, -0.05) is 37.7 Å². The number of hydrogen-bond donors (Lipinski definition) is 1. The van der Waals surface area contributed by atoms with Crippen LogP contribution in [0.4, 0.5) is 8.78 Å². The van der Waals surface area contributed by atoms with Gasteiger partial charge in [0.15, 0.2) is 5.16 Å². The number of fused-ring (bicyclic) bond motifs is 1. The Kier molecular flexibility index (Phi) is 7.27. The number of hydrogen-bond acceptors (Lipinski definition) is 5. The lowest BCUT2D eigenvalue weighted by atomic mass is 10.1. The summed E-state index contributed by atoms with van der Waals surface area (Å²) in [5, 5.41) is 3.67. The Morgan fingerprint density at radius 2 is 1.81 bits per heavy atom. The largest absolute Gasteiger partial charge is 0.435 e. The number of halogens is 2. The molecule has 3 rings (SSSR count). The highest BCUT2D eigenvalue weighted by molar-refractivity contribution is 7.99. The molecule has 0 bridgehead atoms. The molecule has 1 N–H and O–H groups in total. The first kappa shape index (κ1) is 22.7. The van der Waals surface area contributed by atoms with Crippen molar-refractivity contribution < 1.29 is 18.3 Å². The van der Waals surface area contributed by atoms with Gasteiger partial charge in [-0.05, 0) is 49.2 Å². The third-order valence-corrected chi connectivity index (χ3v) is 5.72. The van der Waals surface area contributed by atoms with Crippen LogP contribution in [0.25, 0.3) is 16.6 Å². The van der Waals surface area contributed by atoms with E-state index in [2.05, 4.69) is 15.0 Å². The number of alkyl halides is 2. The summed E-state index contributed by atoms with van der Waals surface area (Å²) in [7, 11) is 0. The van der Waals surface area contributed by atoms with E-state index < -0.39 is 6.61 Å². The van der Waals surface area contributed by atoms with Crippen molar-refractivity contribution in [2.24, 2.45) is 5.92 Å². The molecule has 1 heterocycles. The normalized spacial score (nSPS) is 12.4. The zero-order chi connectivity index (χ0) is 22.5. The van der Waals surface area contributed by atoms with Crippen LogP contribution in [-0.4, -0.2) is 33.9 Å². The van der Waals surface area contributed by atoms with E-state index in [-0.39, 0.29) is 29.0 Å². The zero-order valence-corrected chi connectivity index (χ0v) is 18.2. The van der Waals surface area contributed by atoms with Gasteiger partial charge in [0.25, 0.3) is 5.56 Å². The molecule has 1 aromatic heterocycles. The summed E-state index contributed by atoms with van der Waals surface area (Å²) in [6.45, 7) is 3.03. The molecule has 1 unspecified atom stereocenters. The van der Waals surface area contributed by atoms with Crippen LogP contribution in [0.3, 0.4) is 0 Å². The number of nitrogens with one attached hydrogen (secondary N) is 1. The molecule has 0 radical (unpaired) electrons. The van der Waals surface area contributed by atoms with Crippen LogP contribution in [0, 0.1) is 5.92 Å². The quantitative estimate of drug-likeness (QED) is 0.413. The SMILES string of the molecule is CC(C)C(C)NC(=O)CSc1nc2ccccc2c(=O)n1-c1ccc(OC(F)F)cc1. The second-order valence-corrected chi connectivity index (χ2v) is 8.26. The van der Waals surface area contributed by atoms with Gasteiger partial charge in [-0.25, -0.2) is 4.98 Å². The maximum absolute atomic E-state index is 13.2. The smallest absolute Gasteiger partial charge is 0.387 e. The number of benzene rings is 2. The highest BCUT2D eigenvalue weighted by Crippen LogP contribution is 2.23. The summed E-state index contributed by atoms with van der Waals surface area (Å²) in [6, 6.07) is 12.6. The van der Waals surface area contributed by atoms with E-state index in [4.69, 9.17) is 0 Å². The molecule has 0 saturated carbocycles. The van der Waals surface area contributed by atoms with E-state index in [1.165, 1.54) is 28.8 Å². The van der Waals surface area contributed by atoms with E-state index in [9.17, 15) is 18.4 Å². The summed E-state index contributed by atoms with van der Waals surface area (Å²) < 4.78 is 30.6. The minimum absolute atomic E-state index is 0.0160. The zero-order valence-electron chi connectivity index (χ0n) is 17.3. The summed E-state index contributed by atoms with van der Waals surface area (Å²) in [5.41, 5.74) is 0.634. The molecule has 0 aliphatic heterocycles. The van der Waals surface area contributed by atoms with Gasteiger partial charge in [-0.15, -0.1) is 0 Å². The Hall–Kier alpha value is -2.94. The van der Waals surface area contributed by atoms with Crippen molar-refractivity contribution in [2.45, 2.75) is 38.6 Å². The third-order valence-electron chi connectivity index (χ3n) is 4.79. The number of rotatable bonds is 8. The molecule has 31 heavy (non-hydrogen) atoms. The van der Waals surface area contributed by atoms with Crippen LogP contribution in [0.5, 0.6) is 5.75 Å². The number of carbonyl (C=O) groups is 1. The molecule has 3 aromatic rings. The number of para-hydroxylation sites is 1. The monoisotopic (exact) mass is 447 g/mol. The number of thioether (sulfide) groups is 1. The van der Waals surface area contributed by atoms with Crippen molar-refractivity contribution in [1.82, 2.24) is 14.9 Å². The van der Waals surface area contributed by atoms with E-state index in [1.807, 2.05) is 20.8 Å². The van der Waals surface area contributed by atoms with Gasteiger partial charge in [0, 0.05) is 6.04 Å². The lowest BCUT2D eigenvalue weighted by Gasteiger charge is -2.18. The van der Waals surface area contributed by atoms with Crippen LogP contribution in [0.2, 0.25) is 0 Å². The van der Waals surface area contributed by atoms with E-state index in [0.717, 1.165) is 11.8 Å². The Morgan fingerprint density at radius 1 is 1.13 bits per heavy atom. The van der Waals surface area contributed by atoms with Crippen molar-refractivity contribution in [1.29, 1.82) is 0 Å². The predicted molar refractivity (Wildman–Crippen MR) is 117 cm³/mol. The van der Waals surface area contributed by atoms with Crippen LogP contribution in [0.1, 0.15) is 20.8 Å². The van der Waals surface area contributed by atoms with Crippen molar-refractivity contribution in [3.63, 3.8) is 0 Å². The van der Waals surface area contributed by atoms with Crippen LogP contribution >= 0.6 is 11.8 Å². The molecule has 0 aliphatic rings. The topological polar surface area (TPSA) is 73.2 Å². The Balaban J connectivity index is 1.96. The predicted octanol–water partition coefficient (Wildman–Crippen LogP) is 4.24. The number of ether oxygens (including phenoxy) is 1. The minimum atomic E-state index is -2.94. The highest BCUT2D eigenvalue weighted by atomic mass is 32.2. The van der Waals surface area contributed by atoms with E-state index in [0.29, 0.717) is 27.7 Å². The fourth-order valence-corrected chi connectivity index (χ4v) is 3.63. The van der Waals surface area contributed by atoms with Crippen molar-refractivity contribution in [3.05, 3.63) is 58.9 Å². The van der Waals surface area contributed by atoms with Crippen LogP contribution in [0.15, 0.2) is 58.5 Å². The van der Waals surface area contributed by atoms with Gasteiger partial charge in [0.2, 0.25) is 5.91 Å². The van der Waals surface area contributed by atoms with Crippen molar-refractivity contribution in [2.75, 3.05) is 5.75 Å². The Labute approximate surface area is 182 Å². The molecular weight excluding hydrogens is 424 g/mol. The average Bonchev–Trinajstić information content (AvgIpc) is 2.72. The number of nitrogens with zero attached hydrogens (tertiary/aromatic N) is 2. The molecule has 0 aliphatic carbocycles. The van der Waals surface area contributed by atoms with Gasteiger partial charge in [-0.2, -0.15) is 8.78 Å². The summed E-state index contributed by atoms with van der Waals surface area (Å²) in [5.74, 6) is 0.187. The molecule has 9 heteroatoms. The van der Waals surface area contributed by atoms with Crippen molar-refractivity contribution >= 4 is 28.6 Å². The van der Waals surface area contributed by atoms with Gasteiger partial charge >= 0.3 is 6.61 Å². The van der Waals surface area contributed by atoms with Crippen molar-refractivity contribution in [3.8, 4) is 11.4 Å². The maximum atomic E-state index is 13.2. The molecule has 0 fully saturated rings. The summed E-state index contributed by atoms with van der Waals surface area (Å²) in [6.07, 6.45) is 0. The van der Waals surface area contributed by atoms with Gasteiger partial charge in [0.05, 0.1) is 22.3 Å². The Bertz CT molecular complexity index is 1120. The highest BCUT2D eigenvalue weighted by Gasteiger charge is 2.16. The molecule has 0 spiro atoms. The molecule has 164 valence electrons. The van der Waals surface area contributed by atoms with Gasteiger partial charge in [0.1, 0.15) is 5.75 Å². The first-order chi connectivity index (χ1) is 14.8. The second-order valence-electron chi connectivity index (χ2n) is 7.31. The molecule has 1 atom stereocenters. The lowest BCUT2D eigenvalue weighted by molar-refractivity contribution is -0.119. The van der Waals surface area contributed by atoms with Crippen LogP contribution < -0.4 is 15.6 Å². The molecule has 2 aromatic carbocycles. The summed E-state index contributed by atoms with van der Waals surface area (Å²) >= 11 is 1.14. The molecule has 1 amide bonds.